The summed E-state index contributed by atoms with van der Waals surface area (Å²) in [5.41, 5.74) is 5.41. The summed E-state index contributed by atoms with van der Waals surface area (Å²) in [7, 11) is 3.26. The van der Waals surface area contributed by atoms with E-state index < -0.39 is 0 Å². The molecular formula is C24H32N3O4+. The molecule has 0 aliphatic carbocycles. The van der Waals surface area contributed by atoms with Crippen LogP contribution in [-0.4, -0.2) is 45.5 Å². The summed E-state index contributed by atoms with van der Waals surface area (Å²) >= 11 is 0. The van der Waals surface area contributed by atoms with E-state index in [2.05, 4.69) is 16.6 Å². The zero-order valence-corrected chi connectivity index (χ0v) is 18.6. The molecule has 0 atom stereocenters. The smallest absolute Gasteiger partial charge is 0.277 e. The third-order valence-electron chi connectivity index (χ3n) is 5.48. The molecular weight excluding hydrogens is 394 g/mol. The standard InChI is InChI=1S/C24H31N3O4/c1-18(25-26-24(28)17-31-23-10-6-5-9-22(23)30-3)19-11-12-21(29-2)20(15-19)16-27-13-7-4-8-14-27/h5-6,9-12,15H,4,7-8,13-14,16-17H2,1-3H3,(H,26,28)/p+1/b25-18-. The SMILES string of the molecule is COc1ccc(/C(C)=N\NC(=O)COc2ccccc2OC)cc1C[NH+]1CCCCC1. The van der Waals surface area contributed by atoms with Crippen molar-refractivity contribution in [2.75, 3.05) is 33.9 Å². The first-order valence-electron chi connectivity index (χ1n) is 10.7. The molecule has 1 saturated heterocycles. The van der Waals surface area contributed by atoms with E-state index in [1.165, 1.54) is 32.4 Å². The van der Waals surface area contributed by atoms with Gasteiger partial charge in [0, 0.05) is 5.56 Å². The Morgan fingerprint density at radius 1 is 1.00 bits per heavy atom. The Morgan fingerprint density at radius 2 is 1.71 bits per heavy atom. The fraction of sp³-hybridized carbons (Fsp3) is 0.417. The molecule has 1 fully saturated rings. The van der Waals surface area contributed by atoms with Crippen LogP contribution in [0.15, 0.2) is 47.6 Å². The Hall–Kier alpha value is -3.06. The van der Waals surface area contributed by atoms with Crippen molar-refractivity contribution in [2.45, 2.75) is 32.7 Å². The van der Waals surface area contributed by atoms with Crippen LogP contribution in [0.25, 0.3) is 0 Å². The third-order valence-corrected chi connectivity index (χ3v) is 5.48. The number of para-hydroxylation sites is 2. The first-order valence-corrected chi connectivity index (χ1v) is 10.7. The highest BCUT2D eigenvalue weighted by Gasteiger charge is 2.17. The molecule has 0 saturated carbocycles. The number of nitrogens with zero attached hydrogens (tertiary/aromatic N) is 1. The lowest BCUT2D eigenvalue weighted by Gasteiger charge is -2.24. The molecule has 2 N–H and O–H groups in total. The number of amides is 1. The summed E-state index contributed by atoms with van der Waals surface area (Å²) in [5.74, 6) is 1.65. The van der Waals surface area contributed by atoms with Gasteiger partial charge in [0.25, 0.3) is 5.91 Å². The average molecular weight is 427 g/mol. The average Bonchev–Trinajstić information content (AvgIpc) is 2.82. The van der Waals surface area contributed by atoms with Crippen LogP contribution in [-0.2, 0) is 11.3 Å². The minimum atomic E-state index is -0.336. The number of benzene rings is 2. The highest BCUT2D eigenvalue weighted by molar-refractivity contribution is 5.99. The zero-order valence-electron chi connectivity index (χ0n) is 18.6. The Bertz CT molecular complexity index is 907. The second kappa shape index (κ2) is 11.4. The van der Waals surface area contributed by atoms with E-state index in [0.717, 1.165) is 29.1 Å². The van der Waals surface area contributed by atoms with Crippen molar-refractivity contribution >= 4 is 11.6 Å². The predicted octanol–water partition coefficient (Wildman–Crippen LogP) is 2.19. The minimum absolute atomic E-state index is 0.149. The quantitative estimate of drug-likeness (QED) is 0.476. The number of piperidine rings is 1. The van der Waals surface area contributed by atoms with E-state index in [9.17, 15) is 4.79 Å². The number of ether oxygens (including phenoxy) is 3. The van der Waals surface area contributed by atoms with Crippen molar-refractivity contribution in [2.24, 2.45) is 5.10 Å². The normalized spacial score (nSPS) is 14.7. The zero-order chi connectivity index (χ0) is 22.1. The van der Waals surface area contributed by atoms with E-state index in [0.29, 0.717) is 11.5 Å². The number of likely N-dealkylation sites (tertiary alicyclic amines) is 1. The van der Waals surface area contributed by atoms with Crippen LogP contribution in [0, 0.1) is 0 Å². The van der Waals surface area contributed by atoms with Crippen LogP contribution >= 0.6 is 0 Å². The van der Waals surface area contributed by atoms with Gasteiger partial charge < -0.3 is 19.1 Å². The number of nitrogens with one attached hydrogen (secondary N) is 2. The van der Waals surface area contributed by atoms with Crippen molar-refractivity contribution in [1.29, 1.82) is 0 Å². The van der Waals surface area contributed by atoms with Crippen LogP contribution in [0.5, 0.6) is 17.2 Å². The summed E-state index contributed by atoms with van der Waals surface area (Å²) in [6.07, 6.45) is 3.88. The monoisotopic (exact) mass is 426 g/mol. The first kappa shape index (κ1) is 22.6. The van der Waals surface area contributed by atoms with Gasteiger partial charge in [0.05, 0.1) is 33.0 Å². The second-order valence-electron chi connectivity index (χ2n) is 7.69. The molecule has 166 valence electrons. The van der Waals surface area contributed by atoms with Gasteiger partial charge in [-0.2, -0.15) is 5.10 Å². The topological polar surface area (TPSA) is 73.6 Å². The fourth-order valence-corrected chi connectivity index (χ4v) is 3.76. The summed E-state index contributed by atoms with van der Waals surface area (Å²) in [6.45, 7) is 5.05. The predicted molar refractivity (Wildman–Crippen MR) is 120 cm³/mol. The van der Waals surface area contributed by atoms with E-state index in [4.69, 9.17) is 14.2 Å². The molecule has 0 radical (unpaired) electrons. The van der Waals surface area contributed by atoms with Crippen LogP contribution < -0.4 is 24.5 Å². The number of hydrogen-bond acceptors (Lipinski definition) is 5. The molecule has 0 bridgehead atoms. The van der Waals surface area contributed by atoms with Gasteiger partial charge >= 0.3 is 0 Å². The molecule has 3 rings (SSSR count). The summed E-state index contributed by atoms with van der Waals surface area (Å²) in [5, 5.41) is 4.25. The van der Waals surface area contributed by atoms with Crippen molar-refractivity contribution in [1.82, 2.24) is 5.43 Å². The lowest BCUT2D eigenvalue weighted by Crippen LogP contribution is -3.11. The number of methoxy groups -OCH3 is 2. The van der Waals surface area contributed by atoms with E-state index in [1.807, 2.05) is 31.2 Å². The minimum Gasteiger partial charge on any atom is -0.496 e. The largest absolute Gasteiger partial charge is 0.496 e. The molecule has 1 heterocycles. The Kier molecular flexibility index (Phi) is 8.29. The lowest BCUT2D eigenvalue weighted by molar-refractivity contribution is -0.918. The number of hydrogen-bond donors (Lipinski definition) is 2. The van der Waals surface area contributed by atoms with Gasteiger partial charge in [-0.15, -0.1) is 0 Å². The summed E-state index contributed by atoms with van der Waals surface area (Å²) in [6, 6.07) is 13.2. The van der Waals surface area contributed by atoms with Gasteiger partial charge in [0.2, 0.25) is 0 Å². The Morgan fingerprint density at radius 3 is 2.42 bits per heavy atom. The maximum atomic E-state index is 12.2. The molecule has 0 unspecified atom stereocenters. The third kappa shape index (κ3) is 6.46. The molecule has 31 heavy (non-hydrogen) atoms. The van der Waals surface area contributed by atoms with Gasteiger partial charge in [-0.05, 0) is 62.1 Å². The molecule has 0 aromatic heterocycles. The highest BCUT2D eigenvalue weighted by Crippen LogP contribution is 2.25. The maximum absolute atomic E-state index is 12.2. The van der Waals surface area contributed by atoms with Gasteiger partial charge in [-0.1, -0.05) is 12.1 Å². The van der Waals surface area contributed by atoms with E-state index in [-0.39, 0.29) is 12.5 Å². The van der Waals surface area contributed by atoms with Gasteiger partial charge in [-0.25, -0.2) is 5.43 Å². The first-order chi connectivity index (χ1) is 15.1. The number of quaternary nitrogens is 1. The van der Waals surface area contributed by atoms with Gasteiger partial charge in [0.15, 0.2) is 18.1 Å². The molecule has 2 aromatic carbocycles. The molecule has 1 aliphatic rings. The maximum Gasteiger partial charge on any atom is 0.277 e. The second-order valence-corrected chi connectivity index (χ2v) is 7.69. The number of rotatable bonds is 9. The van der Waals surface area contributed by atoms with Crippen molar-refractivity contribution < 1.29 is 23.9 Å². The molecule has 7 nitrogen and oxygen atoms in total. The van der Waals surface area contributed by atoms with Crippen LogP contribution in [0.2, 0.25) is 0 Å². The number of carbonyl (C=O) groups is 1. The Labute approximate surface area is 184 Å². The number of carbonyl (C=O) groups excluding carboxylic acids is 1. The Balaban J connectivity index is 1.61. The molecule has 1 aliphatic heterocycles. The molecule has 7 heteroatoms. The van der Waals surface area contributed by atoms with Crippen molar-refractivity contribution in [3.05, 3.63) is 53.6 Å². The summed E-state index contributed by atoms with van der Waals surface area (Å²) < 4.78 is 16.3. The van der Waals surface area contributed by atoms with E-state index >= 15 is 0 Å². The fourth-order valence-electron chi connectivity index (χ4n) is 3.76. The van der Waals surface area contributed by atoms with Crippen LogP contribution in [0.3, 0.4) is 0 Å². The van der Waals surface area contributed by atoms with Gasteiger partial charge in [0.1, 0.15) is 12.3 Å². The molecule has 0 spiro atoms. The highest BCUT2D eigenvalue weighted by atomic mass is 16.5. The van der Waals surface area contributed by atoms with E-state index in [1.54, 1.807) is 31.3 Å². The van der Waals surface area contributed by atoms with Crippen molar-refractivity contribution in [3.8, 4) is 17.2 Å². The van der Waals surface area contributed by atoms with Crippen LogP contribution in [0.1, 0.15) is 37.3 Å². The molecule has 2 aromatic rings. The van der Waals surface area contributed by atoms with Crippen LogP contribution in [0.4, 0.5) is 0 Å². The molecule has 1 amide bonds. The lowest BCUT2D eigenvalue weighted by atomic mass is 10.0. The summed E-state index contributed by atoms with van der Waals surface area (Å²) in [4.78, 5) is 13.8. The number of hydrazone groups is 1. The van der Waals surface area contributed by atoms with Crippen molar-refractivity contribution in [3.63, 3.8) is 0 Å². The van der Waals surface area contributed by atoms with Gasteiger partial charge in [-0.3, -0.25) is 4.79 Å².